The van der Waals surface area contributed by atoms with Crippen LogP contribution >= 0.6 is 0 Å². The van der Waals surface area contributed by atoms with Crippen LogP contribution in [0.15, 0.2) is 42.5 Å². The van der Waals surface area contributed by atoms with Crippen LogP contribution in [0.1, 0.15) is 66.4 Å². The van der Waals surface area contributed by atoms with E-state index in [2.05, 4.69) is 20.8 Å². The molecular weight excluding hydrogens is 284 g/mol. The van der Waals surface area contributed by atoms with Crippen LogP contribution in [-0.4, -0.2) is 5.97 Å². The molecule has 0 radical (unpaired) electrons. The largest absolute Gasteiger partial charge is 0.454 e. The number of aryl methyl sites for hydroxylation is 2. The highest BCUT2D eigenvalue weighted by Gasteiger charge is 2.19. The quantitative estimate of drug-likeness (QED) is 0.698. The van der Waals surface area contributed by atoms with Gasteiger partial charge in [-0.25, -0.2) is 4.79 Å². The number of rotatable bonds is 3. The Labute approximate surface area is 139 Å². The second-order valence-electron chi connectivity index (χ2n) is 7.18. The summed E-state index contributed by atoms with van der Waals surface area (Å²) in [5.74, 6) is -0.274. The van der Waals surface area contributed by atoms with Crippen molar-refractivity contribution in [3.8, 4) is 0 Å². The normalized spacial score (nSPS) is 12.8. The van der Waals surface area contributed by atoms with E-state index in [-0.39, 0.29) is 17.5 Å². The van der Waals surface area contributed by atoms with Crippen molar-refractivity contribution in [1.29, 1.82) is 0 Å². The summed E-state index contributed by atoms with van der Waals surface area (Å²) in [5, 5.41) is 0. The predicted octanol–water partition coefficient (Wildman–Crippen LogP) is 5.52. The van der Waals surface area contributed by atoms with Crippen LogP contribution in [0.5, 0.6) is 0 Å². The lowest BCUT2D eigenvalue weighted by molar-refractivity contribution is 0.0336. The van der Waals surface area contributed by atoms with Crippen molar-refractivity contribution >= 4 is 5.97 Å². The molecule has 1 atom stereocenters. The summed E-state index contributed by atoms with van der Waals surface area (Å²) < 4.78 is 5.64. The number of benzene rings is 2. The zero-order valence-electron chi connectivity index (χ0n) is 14.9. The van der Waals surface area contributed by atoms with Gasteiger partial charge in [0.15, 0.2) is 0 Å². The fourth-order valence-corrected chi connectivity index (χ4v) is 2.97. The van der Waals surface area contributed by atoms with E-state index in [4.69, 9.17) is 4.74 Å². The Morgan fingerprint density at radius 3 is 2.22 bits per heavy atom. The third-order valence-corrected chi connectivity index (χ3v) is 4.18. The molecule has 2 heteroatoms. The molecule has 2 nitrogen and oxygen atoms in total. The molecule has 23 heavy (non-hydrogen) atoms. The van der Waals surface area contributed by atoms with Gasteiger partial charge in [0.1, 0.15) is 6.10 Å². The molecule has 0 aromatic heterocycles. The van der Waals surface area contributed by atoms with Crippen molar-refractivity contribution in [2.75, 3.05) is 0 Å². The summed E-state index contributed by atoms with van der Waals surface area (Å²) in [5.41, 5.74) is 5.23. The molecule has 0 saturated carbocycles. The molecule has 0 fully saturated rings. The Kier molecular flexibility index (Phi) is 4.93. The summed E-state index contributed by atoms with van der Waals surface area (Å²) in [6, 6.07) is 13.8. The maximum atomic E-state index is 12.4. The van der Waals surface area contributed by atoms with Crippen LogP contribution in [0.4, 0.5) is 0 Å². The van der Waals surface area contributed by atoms with E-state index >= 15 is 0 Å². The first-order valence-electron chi connectivity index (χ1n) is 8.08. The van der Waals surface area contributed by atoms with Gasteiger partial charge in [-0.3, -0.25) is 0 Å². The molecule has 0 aliphatic rings. The molecule has 0 heterocycles. The molecule has 122 valence electrons. The Balaban J connectivity index is 2.18. The van der Waals surface area contributed by atoms with Crippen LogP contribution in [0.25, 0.3) is 0 Å². The topological polar surface area (TPSA) is 26.3 Å². The molecule has 2 rings (SSSR count). The van der Waals surface area contributed by atoms with Gasteiger partial charge in [0, 0.05) is 0 Å². The Morgan fingerprint density at radius 1 is 1.00 bits per heavy atom. The zero-order valence-corrected chi connectivity index (χ0v) is 14.9. The monoisotopic (exact) mass is 310 g/mol. The molecule has 0 spiro atoms. The van der Waals surface area contributed by atoms with Gasteiger partial charge >= 0.3 is 5.97 Å². The van der Waals surface area contributed by atoms with E-state index in [0.717, 1.165) is 16.7 Å². The highest BCUT2D eigenvalue weighted by atomic mass is 16.5. The van der Waals surface area contributed by atoms with Crippen LogP contribution in [0.2, 0.25) is 0 Å². The summed E-state index contributed by atoms with van der Waals surface area (Å²) >= 11 is 0. The summed E-state index contributed by atoms with van der Waals surface area (Å²) in [4.78, 5) is 12.4. The minimum absolute atomic E-state index is 0.0704. The summed E-state index contributed by atoms with van der Waals surface area (Å²) in [6.45, 7) is 12.5. The van der Waals surface area contributed by atoms with E-state index in [9.17, 15) is 4.79 Å². The van der Waals surface area contributed by atoms with E-state index < -0.39 is 0 Å². The number of hydrogen-bond donors (Lipinski definition) is 0. The summed E-state index contributed by atoms with van der Waals surface area (Å²) in [7, 11) is 0. The van der Waals surface area contributed by atoms with Crippen molar-refractivity contribution in [1.82, 2.24) is 0 Å². The van der Waals surface area contributed by atoms with Crippen molar-refractivity contribution < 1.29 is 9.53 Å². The van der Waals surface area contributed by atoms with E-state index in [0.29, 0.717) is 5.56 Å². The minimum Gasteiger partial charge on any atom is -0.454 e. The van der Waals surface area contributed by atoms with E-state index in [1.807, 2.05) is 63.2 Å². The molecule has 0 saturated heterocycles. The van der Waals surface area contributed by atoms with Crippen molar-refractivity contribution in [3.05, 3.63) is 70.3 Å². The average molecular weight is 310 g/mol. The lowest BCUT2D eigenvalue weighted by Crippen LogP contribution is -2.15. The van der Waals surface area contributed by atoms with E-state index in [1.54, 1.807) is 0 Å². The third kappa shape index (κ3) is 4.01. The van der Waals surface area contributed by atoms with Crippen LogP contribution in [-0.2, 0) is 10.2 Å². The smallest absolute Gasteiger partial charge is 0.338 e. The van der Waals surface area contributed by atoms with Gasteiger partial charge in [-0.05, 0) is 60.6 Å². The maximum Gasteiger partial charge on any atom is 0.338 e. The van der Waals surface area contributed by atoms with Gasteiger partial charge in [0.25, 0.3) is 0 Å². The van der Waals surface area contributed by atoms with Gasteiger partial charge < -0.3 is 4.74 Å². The predicted molar refractivity (Wildman–Crippen MR) is 94.9 cm³/mol. The number of ether oxygens (including phenoxy) is 1. The van der Waals surface area contributed by atoms with Crippen LogP contribution in [0.3, 0.4) is 0 Å². The van der Waals surface area contributed by atoms with Crippen molar-refractivity contribution in [2.24, 2.45) is 0 Å². The number of hydrogen-bond acceptors (Lipinski definition) is 2. The van der Waals surface area contributed by atoms with Gasteiger partial charge in [0.2, 0.25) is 0 Å². The first-order valence-corrected chi connectivity index (χ1v) is 8.08. The second-order valence-corrected chi connectivity index (χ2v) is 7.18. The minimum atomic E-state index is -0.274. The first kappa shape index (κ1) is 17.3. The average Bonchev–Trinajstić information content (AvgIpc) is 2.46. The van der Waals surface area contributed by atoms with Crippen LogP contribution < -0.4 is 0 Å². The Bertz CT molecular complexity index is 708. The molecule has 0 amide bonds. The third-order valence-electron chi connectivity index (χ3n) is 4.18. The molecule has 0 aliphatic heterocycles. The lowest BCUT2D eigenvalue weighted by Gasteiger charge is -2.22. The Hall–Kier alpha value is -2.09. The Morgan fingerprint density at radius 2 is 1.65 bits per heavy atom. The van der Waals surface area contributed by atoms with Crippen LogP contribution in [0, 0.1) is 13.8 Å². The highest BCUT2D eigenvalue weighted by molar-refractivity contribution is 5.90. The summed E-state index contributed by atoms with van der Waals surface area (Å²) in [6.07, 6.45) is -0.258. The second kappa shape index (κ2) is 6.57. The van der Waals surface area contributed by atoms with Crippen molar-refractivity contribution in [3.63, 3.8) is 0 Å². The van der Waals surface area contributed by atoms with Crippen molar-refractivity contribution in [2.45, 2.75) is 53.1 Å². The number of carbonyl (C=O) groups is 1. The van der Waals surface area contributed by atoms with Gasteiger partial charge in [-0.15, -0.1) is 0 Å². The first-order chi connectivity index (χ1) is 10.7. The van der Waals surface area contributed by atoms with Gasteiger partial charge in [-0.2, -0.15) is 0 Å². The highest BCUT2D eigenvalue weighted by Crippen LogP contribution is 2.27. The SMILES string of the molecule is Cc1ccccc1C(C)OC(=O)c1ccc(C(C)(C)C)c(C)c1. The zero-order chi connectivity index (χ0) is 17.2. The fraction of sp³-hybridized carbons (Fsp3) is 0.381. The molecule has 0 N–H and O–H groups in total. The molecule has 2 aromatic carbocycles. The standard InChI is InChI=1S/C21H26O2/c1-14-9-7-8-10-18(14)16(3)23-20(22)17-11-12-19(15(2)13-17)21(4,5)6/h7-13,16H,1-6H3. The molecular formula is C21H26O2. The van der Waals surface area contributed by atoms with Gasteiger partial charge in [-0.1, -0.05) is 51.1 Å². The number of carbonyl (C=O) groups excluding carboxylic acids is 1. The fourth-order valence-electron chi connectivity index (χ4n) is 2.97. The molecule has 0 bridgehead atoms. The maximum absolute atomic E-state index is 12.4. The molecule has 1 unspecified atom stereocenters. The lowest BCUT2D eigenvalue weighted by atomic mass is 9.83. The van der Waals surface area contributed by atoms with Gasteiger partial charge in [0.05, 0.1) is 5.56 Å². The van der Waals surface area contributed by atoms with E-state index in [1.165, 1.54) is 5.56 Å². The molecule has 2 aromatic rings. The molecule has 0 aliphatic carbocycles. The number of esters is 1.